The maximum Gasteiger partial charge on any atom is 0.310 e. The number of hydrogen-bond donors (Lipinski definition) is 1. The first-order chi connectivity index (χ1) is 7.95. The van der Waals surface area contributed by atoms with Crippen LogP contribution in [0.4, 0.5) is 5.69 Å². The Bertz CT molecular complexity index is 406. The summed E-state index contributed by atoms with van der Waals surface area (Å²) in [5, 5.41) is 3.36. The zero-order valence-electron chi connectivity index (χ0n) is 10.6. The van der Waals surface area contributed by atoms with Crippen molar-refractivity contribution in [1.29, 1.82) is 0 Å². The molecule has 0 aliphatic rings. The van der Waals surface area contributed by atoms with Crippen LogP contribution < -0.4 is 5.32 Å². The van der Waals surface area contributed by atoms with E-state index >= 15 is 0 Å². The highest BCUT2D eigenvalue weighted by Gasteiger charge is 2.21. The van der Waals surface area contributed by atoms with Gasteiger partial charge in [0.2, 0.25) is 0 Å². The van der Waals surface area contributed by atoms with E-state index in [2.05, 4.69) is 46.1 Å². The van der Waals surface area contributed by atoms with Gasteiger partial charge in [-0.15, -0.1) is 0 Å². The van der Waals surface area contributed by atoms with Gasteiger partial charge < -0.3 is 10.1 Å². The van der Waals surface area contributed by atoms with E-state index < -0.39 is 0 Å². The third-order valence-electron chi connectivity index (χ3n) is 2.91. The van der Waals surface area contributed by atoms with Crippen LogP contribution in [-0.4, -0.2) is 19.1 Å². The van der Waals surface area contributed by atoms with E-state index in [0.29, 0.717) is 0 Å². The molecule has 0 aliphatic carbocycles. The highest BCUT2D eigenvalue weighted by molar-refractivity contribution is 14.1. The van der Waals surface area contributed by atoms with Crippen molar-refractivity contribution in [1.82, 2.24) is 0 Å². The summed E-state index contributed by atoms with van der Waals surface area (Å²) >= 11 is 2.28. The van der Waals surface area contributed by atoms with E-state index in [9.17, 15) is 4.79 Å². The van der Waals surface area contributed by atoms with E-state index in [1.54, 1.807) is 0 Å². The molecule has 0 bridgehead atoms. The van der Waals surface area contributed by atoms with Crippen molar-refractivity contribution < 1.29 is 9.53 Å². The number of benzene rings is 1. The molecule has 0 saturated heterocycles. The van der Waals surface area contributed by atoms with Crippen molar-refractivity contribution in [2.24, 2.45) is 5.92 Å². The Morgan fingerprint density at radius 2 is 2.06 bits per heavy atom. The third kappa shape index (κ3) is 3.87. The van der Waals surface area contributed by atoms with Crippen molar-refractivity contribution in [2.75, 3.05) is 12.4 Å². The van der Waals surface area contributed by atoms with Gasteiger partial charge in [-0.1, -0.05) is 6.07 Å². The molecule has 0 saturated carbocycles. The molecule has 94 valence electrons. The molecule has 17 heavy (non-hydrogen) atoms. The molecule has 1 N–H and O–H groups in total. The number of anilines is 1. The average molecular weight is 347 g/mol. The van der Waals surface area contributed by atoms with Crippen LogP contribution in [0.3, 0.4) is 0 Å². The van der Waals surface area contributed by atoms with Crippen LogP contribution in [0.2, 0.25) is 0 Å². The lowest BCUT2D eigenvalue weighted by atomic mass is 10.0. The minimum atomic E-state index is -0.187. The number of rotatable bonds is 4. The second-order valence-corrected chi connectivity index (χ2v) is 5.45. The molecule has 1 rings (SSSR count). The zero-order chi connectivity index (χ0) is 13.0. The van der Waals surface area contributed by atoms with E-state index in [4.69, 9.17) is 4.74 Å². The fourth-order valence-electron chi connectivity index (χ4n) is 1.51. The van der Waals surface area contributed by atoms with Gasteiger partial charge >= 0.3 is 5.97 Å². The highest BCUT2D eigenvalue weighted by Crippen LogP contribution is 2.20. The van der Waals surface area contributed by atoms with Gasteiger partial charge in [0.15, 0.2) is 0 Å². The topological polar surface area (TPSA) is 38.3 Å². The third-order valence-corrected chi connectivity index (χ3v) is 3.58. The van der Waals surface area contributed by atoms with Crippen LogP contribution in [0.1, 0.15) is 19.4 Å². The smallest absolute Gasteiger partial charge is 0.310 e. The number of hydrogen-bond acceptors (Lipinski definition) is 3. The second kappa shape index (κ2) is 6.23. The Morgan fingerprint density at radius 1 is 1.41 bits per heavy atom. The van der Waals surface area contributed by atoms with Gasteiger partial charge in [0.1, 0.15) is 0 Å². The minimum absolute atomic E-state index is 0.0411. The Hall–Kier alpha value is -0.780. The second-order valence-electron chi connectivity index (χ2n) is 4.20. The van der Waals surface area contributed by atoms with Crippen LogP contribution in [0.5, 0.6) is 0 Å². The molecule has 2 unspecified atom stereocenters. The number of esters is 1. The number of aryl methyl sites for hydroxylation is 1. The fourth-order valence-corrected chi connectivity index (χ4v) is 2.00. The minimum Gasteiger partial charge on any atom is -0.469 e. The molecule has 3 nitrogen and oxygen atoms in total. The molecule has 4 heteroatoms. The Balaban J connectivity index is 2.77. The Kier molecular flexibility index (Phi) is 5.24. The van der Waals surface area contributed by atoms with Gasteiger partial charge in [-0.3, -0.25) is 4.79 Å². The van der Waals surface area contributed by atoms with Crippen LogP contribution in [-0.2, 0) is 9.53 Å². The molecular formula is C13H18INO2. The maximum absolute atomic E-state index is 11.4. The molecule has 0 aromatic heterocycles. The summed E-state index contributed by atoms with van der Waals surface area (Å²) in [5.41, 5.74) is 2.24. The lowest BCUT2D eigenvalue weighted by Crippen LogP contribution is -2.31. The van der Waals surface area contributed by atoms with Gasteiger partial charge in [0.05, 0.1) is 13.0 Å². The summed E-state index contributed by atoms with van der Waals surface area (Å²) in [6.07, 6.45) is 0. The van der Waals surface area contributed by atoms with Gasteiger partial charge in [-0.05, 0) is 61.1 Å². The normalized spacial score (nSPS) is 13.9. The first-order valence-electron chi connectivity index (χ1n) is 5.56. The molecule has 2 atom stereocenters. The molecule has 0 amide bonds. The molecule has 0 radical (unpaired) electrons. The summed E-state index contributed by atoms with van der Waals surface area (Å²) in [7, 11) is 1.42. The van der Waals surface area contributed by atoms with Crippen molar-refractivity contribution in [3.63, 3.8) is 0 Å². The van der Waals surface area contributed by atoms with E-state index in [-0.39, 0.29) is 17.9 Å². The van der Waals surface area contributed by atoms with Gasteiger partial charge in [0.25, 0.3) is 0 Å². The van der Waals surface area contributed by atoms with Crippen molar-refractivity contribution >= 4 is 34.2 Å². The number of carbonyl (C=O) groups excluding carboxylic acids is 1. The number of carbonyl (C=O) groups is 1. The first-order valence-corrected chi connectivity index (χ1v) is 6.64. The number of ether oxygens (including phenoxy) is 1. The first kappa shape index (κ1) is 14.3. The lowest BCUT2D eigenvalue weighted by Gasteiger charge is -2.21. The van der Waals surface area contributed by atoms with Crippen molar-refractivity contribution in [2.45, 2.75) is 26.8 Å². The molecule has 0 spiro atoms. The molecule has 0 fully saturated rings. The summed E-state index contributed by atoms with van der Waals surface area (Å²) < 4.78 is 5.92. The van der Waals surface area contributed by atoms with Gasteiger partial charge in [0, 0.05) is 15.3 Å². The predicted molar refractivity (Wildman–Crippen MR) is 78.2 cm³/mol. The van der Waals surface area contributed by atoms with Crippen LogP contribution in [0.25, 0.3) is 0 Å². The van der Waals surface area contributed by atoms with Gasteiger partial charge in [-0.2, -0.15) is 0 Å². The summed E-state index contributed by atoms with van der Waals surface area (Å²) in [6, 6.07) is 6.25. The monoisotopic (exact) mass is 347 g/mol. The number of nitrogens with one attached hydrogen (secondary N) is 1. The summed E-state index contributed by atoms with van der Waals surface area (Å²) in [4.78, 5) is 11.4. The van der Waals surface area contributed by atoms with Gasteiger partial charge in [-0.25, -0.2) is 0 Å². The molecule has 1 aromatic carbocycles. The number of halogens is 1. The zero-order valence-corrected chi connectivity index (χ0v) is 12.7. The SMILES string of the molecule is COC(=O)C(C)C(C)Nc1cc(I)ccc1C. The Labute approximate surface area is 116 Å². The van der Waals surface area contributed by atoms with E-state index in [1.165, 1.54) is 16.2 Å². The fraction of sp³-hybridized carbons (Fsp3) is 0.462. The molecule has 1 aromatic rings. The molecule has 0 aliphatic heterocycles. The van der Waals surface area contributed by atoms with E-state index in [0.717, 1.165) is 5.69 Å². The molecular weight excluding hydrogens is 329 g/mol. The highest BCUT2D eigenvalue weighted by atomic mass is 127. The maximum atomic E-state index is 11.4. The van der Waals surface area contributed by atoms with Crippen LogP contribution in [0, 0.1) is 16.4 Å². The standard InChI is InChI=1S/C13H18INO2/c1-8-5-6-11(14)7-12(8)15-10(3)9(2)13(16)17-4/h5-7,9-10,15H,1-4H3. The summed E-state index contributed by atoms with van der Waals surface area (Å²) in [6.45, 7) is 5.90. The van der Waals surface area contributed by atoms with Crippen molar-refractivity contribution in [3.8, 4) is 0 Å². The lowest BCUT2D eigenvalue weighted by molar-refractivity contribution is -0.145. The average Bonchev–Trinajstić information content (AvgIpc) is 2.31. The van der Waals surface area contributed by atoms with Crippen LogP contribution >= 0.6 is 22.6 Å². The van der Waals surface area contributed by atoms with Crippen LogP contribution in [0.15, 0.2) is 18.2 Å². The number of methoxy groups -OCH3 is 1. The largest absolute Gasteiger partial charge is 0.469 e. The summed E-state index contributed by atoms with van der Waals surface area (Å²) in [5.74, 6) is -0.356. The quantitative estimate of drug-likeness (QED) is 0.672. The van der Waals surface area contributed by atoms with E-state index in [1.807, 2.05) is 20.8 Å². The Morgan fingerprint density at radius 3 is 2.65 bits per heavy atom. The van der Waals surface area contributed by atoms with Crippen molar-refractivity contribution in [3.05, 3.63) is 27.3 Å². The predicted octanol–water partition coefficient (Wildman–Crippen LogP) is 3.21. The molecule has 0 heterocycles.